The third-order valence-corrected chi connectivity index (χ3v) is 4.04. The maximum Gasteiger partial charge on any atom is 0.291 e. The smallest absolute Gasteiger partial charge is 0.291 e. The van der Waals surface area contributed by atoms with Crippen molar-refractivity contribution in [3.63, 3.8) is 0 Å². The van der Waals surface area contributed by atoms with Crippen LogP contribution in [0.5, 0.6) is 0 Å². The Morgan fingerprint density at radius 2 is 1.79 bits per heavy atom. The standard InChI is InChI=1S/C18H12N2O4/c1-9-11-4-2-3-5-14(11)24-15(9)18(23)19-10-6-7-12-13(8-10)17(22)20-16(12)21/h2-8H,1H3,(H,19,23)(H,20,21,22). The minimum Gasteiger partial charge on any atom is -0.451 e. The Morgan fingerprint density at radius 3 is 2.58 bits per heavy atom. The van der Waals surface area contributed by atoms with Gasteiger partial charge in [0.15, 0.2) is 5.76 Å². The highest BCUT2D eigenvalue weighted by Gasteiger charge is 2.27. The fraction of sp³-hybridized carbons (Fsp3) is 0.0556. The number of carbonyl (C=O) groups is 3. The van der Waals surface area contributed by atoms with Crippen molar-refractivity contribution in [3.05, 3.63) is 64.9 Å². The van der Waals surface area contributed by atoms with Crippen LogP contribution in [0, 0.1) is 6.92 Å². The number of fused-ring (bicyclic) bond motifs is 2. The molecule has 0 spiro atoms. The van der Waals surface area contributed by atoms with Gasteiger partial charge < -0.3 is 9.73 Å². The number of aryl methyl sites for hydroxylation is 1. The lowest BCUT2D eigenvalue weighted by Gasteiger charge is -2.05. The molecule has 2 N–H and O–H groups in total. The lowest BCUT2D eigenvalue weighted by atomic mass is 10.1. The van der Waals surface area contributed by atoms with Crippen LogP contribution >= 0.6 is 0 Å². The molecule has 0 unspecified atom stereocenters. The highest BCUT2D eigenvalue weighted by Crippen LogP contribution is 2.26. The number of hydrogen-bond donors (Lipinski definition) is 2. The summed E-state index contributed by atoms with van der Waals surface area (Å²) < 4.78 is 5.62. The van der Waals surface area contributed by atoms with Crippen LogP contribution in [0.25, 0.3) is 11.0 Å². The van der Waals surface area contributed by atoms with Gasteiger partial charge in [-0.1, -0.05) is 18.2 Å². The van der Waals surface area contributed by atoms with Gasteiger partial charge in [-0.05, 0) is 31.2 Å². The second kappa shape index (κ2) is 5.06. The first kappa shape index (κ1) is 14.2. The molecule has 3 aromatic rings. The van der Waals surface area contributed by atoms with Gasteiger partial charge in [0.25, 0.3) is 17.7 Å². The lowest BCUT2D eigenvalue weighted by molar-refractivity contribution is 0.0878. The van der Waals surface area contributed by atoms with E-state index in [0.717, 1.165) is 10.9 Å². The quantitative estimate of drug-likeness (QED) is 0.711. The van der Waals surface area contributed by atoms with Crippen LogP contribution < -0.4 is 10.6 Å². The fourth-order valence-corrected chi connectivity index (χ4v) is 2.82. The van der Waals surface area contributed by atoms with E-state index in [2.05, 4.69) is 10.6 Å². The number of rotatable bonds is 2. The van der Waals surface area contributed by atoms with E-state index >= 15 is 0 Å². The molecule has 3 amide bonds. The predicted octanol–water partition coefficient (Wildman–Crippen LogP) is 2.88. The molecule has 24 heavy (non-hydrogen) atoms. The summed E-state index contributed by atoms with van der Waals surface area (Å²) >= 11 is 0. The van der Waals surface area contributed by atoms with Crippen molar-refractivity contribution in [2.45, 2.75) is 6.92 Å². The predicted molar refractivity (Wildman–Crippen MR) is 87.1 cm³/mol. The van der Waals surface area contributed by atoms with Crippen LogP contribution in [0.2, 0.25) is 0 Å². The highest BCUT2D eigenvalue weighted by atomic mass is 16.3. The molecule has 0 saturated heterocycles. The van der Waals surface area contributed by atoms with E-state index in [-0.39, 0.29) is 11.3 Å². The Balaban J connectivity index is 1.67. The van der Waals surface area contributed by atoms with Crippen molar-refractivity contribution in [2.75, 3.05) is 5.32 Å². The van der Waals surface area contributed by atoms with E-state index < -0.39 is 17.7 Å². The van der Waals surface area contributed by atoms with Crippen molar-refractivity contribution in [3.8, 4) is 0 Å². The average molecular weight is 320 g/mol. The van der Waals surface area contributed by atoms with Gasteiger partial charge in [0, 0.05) is 16.6 Å². The maximum absolute atomic E-state index is 12.5. The molecule has 1 aliphatic rings. The molecule has 0 aliphatic carbocycles. The van der Waals surface area contributed by atoms with Crippen LogP contribution in [-0.4, -0.2) is 17.7 Å². The zero-order valence-electron chi connectivity index (χ0n) is 12.7. The van der Waals surface area contributed by atoms with Crippen molar-refractivity contribution < 1.29 is 18.8 Å². The van der Waals surface area contributed by atoms with Crippen molar-refractivity contribution in [1.29, 1.82) is 0 Å². The number of anilines is 1. The molecule has 6 heteroatoms. The summed E-state index contributed by atoms with van der Waals surface area (Å²) in [6.07, 6.45) is 0. The summed E-state index contributed by atoms with van der Waals surface area (Å²) in [6.45, 7) is 1.82. The fourth-order valence-electron chi connectivity index (χ4n) is 2.82. The molecule has 1 aromatic heterocycles. The number of imide groups is 1. The molecule has 0 atom stereocenters. The molecule has 0 bridgehead atoms. The van der Waals surface area contributed by atoms with Crippen LogP contribution in [-0.2, 0) is 0 Å². The Morgan fingerprint density at radius 1 is 1.04 bits per heavy atom. The summed E-state index contributed by atoms with van der Waals surface area (Å²) in [7, 11) is 0. The second-order valence-corrected chi connectivity index (χ2v) is 5.55. The van der Waals surface area contributed by atoms with E-state index in [1.807, 2.05) is 25.1 Å². The van der Waals surface area contributed by atoms with Crippen LogP contribution in [0.3, 0.4) is 0 Å². The molecular formula is C18H12N2O4. The molecule has 118 valence electrons. The van der Waals surface area contributed by atoms with Crippen molar-refractivity contribution >= 4 is 34.4 Å². The van der Waals surface area contributed by atoms with Gasteiger partial charge >= 0.3 is 0 Å². The van der Waals surface area contributed by atoms with E-state index in [1.54, 1.807) is 12.1 Å². The van der Waals surface area contributed by atoms with Crippen LogP contribution in [0.15, 0.2) is 46.9 Å². The molecule has 2 heterocycles. The monoisotopic (exact) mass is 320 g/mol. The number of benzene rings is 2. The van der Waals surface area contributed by atoms with Gasteiger partial charge in [-0.25, -0.2) is 0 Å². The SMILES string of the molecule is Cc1c(C(=O)Nc2ccc3c(c2)C(=O)NC3=O)oc2ccccc12. The van der Waals surface area contributed by atoms with Gasteiger partial charge in [0.05, 0.1) is 11.1 Å². The normalized spacial score (nSPS) is 13.0. The van der Waals surface area contributed by atoms with Crippen molar-refractivity contribution in [1.82, 2.24) is 5.32 Å². The second-order valence-electron chi connectivity index (χ2n) is 5.55. The molecule has 0 radical (unpaired) electrons. The number of amides is 3. The Labute approximate surface area is 136 Å². The topological polar surface area (TPSA) is 88.4 Å². The first-order chi connectivity index (χ1) is 11.5. The molecule has 0 saturated carbocycles. The van der Waals surface area contributed by atoms with E-state index in [4.69, 9.17) is 4.42 Å². The number of furan rings is 1. The first-order valence-electron chi connectivity index (χ1n) is 7.34. The zero-order chi connectivity index (χ0) is 16.8. The number of para-hydroxylation sites is 1. The van der Waals surface area contributed by atoms with Gasteiger partial charge in [0.2, 0.25) is 0 Å². The molecule has 6 nitrogen and oxygen atoms in total. The number of carbonyl (C=O) groups excluding carboxylic acids is 3. The van der Waals surface area contributed by atoms with Crippen LogP contribution in [0.1, 0.15) is 36.8 Å². The summed E-state index contributed by atoms with van der Waals surface area (Å²) in [5.74, 6) is -1.09. The van der Waals surface area contributed by atoms with Crippen LogP contribution in [0.4, 0.5) is 5.69 Å². The molecule has 4 rings (SSSR count). The highest BCUT2D eigenvalue weighted by molar-refractivity contribution is 6.22. The number of hydrogen-bond acceptors (Lipinski definition) is 4. The average Bonchev–Trinajstić information content (AvgIpc) is 3.05. The van der Waals surface area contributed by atoms with Gasteiger partial charge in [0.1, 0.15) is 5.58 Å². The summed E-state index contributed by atoms with van der Waals surface area (Å²) in [6, 6.07) is 12.0. The summed E-state index contributed by atoms with van der Waals surface area (Å²) in [5, 5.41) is 5.79. The van der Waals surface area contributed by atoms with E-state index in [1.165, 1.54) is 12.1 Å². The lowest BCUT2D eigenvalue weighted by Crippen LogP contribution is -2.19. The minimum absolute atomic E-state index is 0.220. The molecule has 2 aromatic carbocycles. The largest absolute Gasteiger partial charge is 0.451 e. The van der Waals surface area contributed by atoms with Gasteiger partial charge in [-0.3, -0.25) is 19.7 Å². The minimum atomic E-state index is -0.467. The third kappa shape index (κ3) is 2.08. The Bertz CT molecular complexity index is 1030. The van der Waals surface area contributed by atoms with Gasteiger partial charge in [-0.2, -0.15) is 0 Å². The first-order valence-corrected chi connectivity index (χ1v) is 7.34. The zero-order valence-corrected chi connectivity index (χ0v) is 12.7. The third-order valence-electron chi connectivity index (χ3n) is 4.04. The van der Waals surface area contributed by atoms with Gasteiger partial charge in [-0.15, -0.1) is 0 Å². The molecule has 0 fully saturated rings. The number of nitrogens with one attached hydrogen (secondary N) is 2. The summed E-state index contributed by atoms with van der Waals surface area (Å²) in [4.78, 5) is 35.7. The van der Waals surface area contributed by atoms with E-state index in [9.17, 15) is 14.4 Å². The Hall–Kier alpha value is -3.41. The van der Waals surface area contributed by atoms with Crippen molar-refractivity contribution in [2.24, 2.45) is 0 Å². The molecular weight excluding hydrogens is 308 g/mol. The molecule has 1 aliphatic heterocycles. The van der Waals surface area contributed by atoms with E-state index in [0.29, 0.717) is 16.8 Å². The maximum atomic E-state index is 12.5. The summed E-state index contributed by atoms with van der Waals surface area (Å²) in [5.41, 5.74) is 2.36. The Kier molecular flexibility index (Phi) is 2.99.